The summed E-state index contributed by atoms with van der Waals surface area (Å²) in [5.41, 5.74) is -0.172. The molecule has 5 aromatic rings. The molecule has 39 heavy (non-hydrogen) atoms. The van der Waals surface area contributed by atoms with Crippen molar-refractivity contribution in [2.45, 2.75) is 25.8 Å². The zero-order chi connectivity index (χ0) is 27.3. The number of rotatable bonds is 6. The molecule has 0 atom stereocenters. The van der Waals surface area contributed by atoms with Gasteiger partial charge in [-0.05, 0) is 84.8 Å². The maximum absolute atomic E-state index is 14.8. The van der Waals surface area contributed by atoms with Gasteiger partial charge in [0.2, 0.25) is 5.95 Å². The number of aryl methyl sites for hydroxylation is 1. The van der Waals surface area contributed by atoms with Gasteiger partial charge in [0.25, 0.3) is 11.1 Å². The van der Waals surface area contributed by atoms with E-state index < -0.39 is 22.6 Å². The summed E-state index contributed by atoms with van der Waals surface area (Å²) in [4.78, 5) is 51.8. The highest BCUT2D eigenvalue weighted by atomic mass is 127. The zero-order valence-corrected chi connectivity index (χ0v) is 22.7. The maximum atomic E-state index is 14.8. The van der Waals surface area contributed by atoms with Crippen LogP contribution < -0.4 is 27.4 Å². The smallest absolute Gasteiger partial charge is 0.336 e. The van der Waals surface area contributed by atoms with Gasteiger partial charge in [-0.15, -0.1) is 0 Å². The molecule has 3 N–H and O–H groups in total. The first-order valence-electron chi connectivity index (χ1n) is 12.1. The minimum absolute atomic E-state index is 0.0147. The molecule has 0 unspecified atom stereocenters. The SMILES string of the molecule is Cc1c(=O)[nH]c(Nc2ccc(I)cc2F)c2c(=O)n(C3CC3)c(=O)n(-c3cccc(Nc4ncccn4)c3)c12. The van der Waals surface area contributed by atoms with Crippen LogP contribution in [0.3, 0.4) is 0 Å². The molecule has 0 radical (unpaired) electrons. The molecule has 1 aliphatic carbocycles. The van der Waals surface area contributed by atoms with Crippen LogP contribution in [0, 0.1) is 16.3 Å². The monoisotopic (exact) mass is 637 g/mol. The van der Waals surface area contributed by atoms with Gasteiger partial charge in [-0.2, -0.15) is 0 Å². The molecule has 2 aromatic carbocycles. The predicted molar refractivity (Wildman–Crippen MR) is 155 cm³/mol. The number of hydrogen-bond donors (Lipinski definition) is 3. The molecule has 0 bridgehead atoms. The van der Waals surface area contributed by atoms with E-state index in [1.807, 2.05) is 22.6 Å². The van der Waals surface area contributed by atoms with Crippen molar-refractivity contribution in [1.82, 2.24) is 24.1 Å². The van der Waals surface area contributed by atoms with Gasteiger partial charge in [-0.3, -0.25) is 18.7 Å². The van der Waals surface area contributed by atoms with E-state index in [2.05, 4.69) is 25.6 Å². The first kappa shape index (κ1) is 25.0. The van der Waals surface area contributed by atoms with Gasteiger partial charge in [-0.25, -0.2) is 19.2 Å². The van der Waals surface area contributed by atoms with Crippen molar-refractivity contribution in [3.8, 4) is 5.69 Å². The lowest BCUT2D eigenvalue weighted by Crippen LogP contribution is -2.40. The maximum Gasteiger partial charge on any atom is 0.336 e. The lowest BCUT2D eigenvalue weighted by Gasteiger charge is -2.18. The van der Waals surface area contributed by atoms with Crippen LogP contribution in [0.15, 0.2) is 75.3 Å². The largest absolute Gasteiger partial charge is 0.339 e. The van der Waals surface area contributed by atoms with E-state index >= 15 is 0 Å². The van der Waals surface area contributed by atoms with Crippen LogP contribution in [0.5, 0.6) is 0 Å². The second-order valence-electron chi connectivity index (χ2n) is 9.20. The Balaban J connectivity index is 1.62. The Bertz CT molecular complexity index is 1930. The quantitative estimate of drug-likeness (QED) is 0.234. The van der Waals surface area contributed by atoms with Gasteiger partial charge in [0, 0.05) is 33.3 Å². The lowest BCUT2D eigenvalue weighted by molar-refractivity contribution is 0.630. The molecular weight excluding hydrogens is 616 g/mol. The minimum Gasteiger partial charge on any atom is -0.339 e. The van der Waals surface area contributed by atoms with Gasteiger partial charge in [-0.1, -0.05) is 6.07 Å². The van der Waals surface area contributed by atoms with Crippen LogP contribution in [-0.4, -0.2) is 24.1 Å². The Morgan fingerprint density at radius 3 is 2.51 bits per heavy atom. The number of nitrogens with zero attached hydrogens (tertiary/aromatic N) is 4. The van der Waals surface area contributed by atoms with Crippen LogP contribution in [0.25, 0.3) is 16.6 Å². The molecule has 0 saturated heterocycles. The van der Waals surface area contributed by atoms with E-state index in [-0.39, 0.29) is 34.0 Å². The predicted octanol–water partition coefficient (Wildman–Crippen LogP) is 4.50. The highest BCUT2D eigenvalue weighted by Gasteiger charge is 2.31. The summed E-state index contributed by atoms with van der Waals surface area (Å²) in [6, 6.07) is 13.0. The van der Waals surface area contributed by atoms with Gasteiger partial charge >= 0.3 is 5.69 Å². The molecule has 3 heterocycles. The lowest BCUT2D eigenvalue weighted by atomic mass is 10.1. The number of aromatic amines is 1. The van der Waals surface area contributed by atoms with Crippen molar-refractivity contribution in [3.05, 3.63) is 107 Å². The normalized spacial score (nSPS) is 13.0. The molecule has 0 amide bonds. The number of aromatic nitrogens is 5. The fourth-order valence-corrected chi connectivity index (χ4v) is 4.96. The summed E-state index contributed by atoms with van der Waals surface area (Å²) in [5, 5.41) is 6.07. The molecule has 3 aromatic heterocycles. The van der Waals surface area contributed by atoms with Crippen molar-refractivity contribution < 1.29 is 4.39 Å². The van der Waals surface area contributed by atoms with E-state index in [0.717, 1.165) is 0 Å². The number of halogens is 2. The summed E-state index contributed by atoms with van der Waals surface area (Å²) in [6.07, 6.45) is 4.57. The number of fused-ring (bicyclic) bond motifs is 1. The van der Waals surface area contributed by atoms with Crippen molar-refractivity contribution in [1.29, 1.82) is 0 Å². The molecule has 12 heteroatoms. The Kier molecular flexibility index (Phi) is 6.25. The van der Waals surface area contributed by atoms with E-state index in [1.165, 1.54) is 21.3 Å². The third-order valence-corrected chi connectivity index (χ3v) is 7.17. The Morgan fingerprint density at radius 1 is 1.03 bits per heavy atom. The fourth-order valence-electron chi connectivity index (χ4n) is 4.51. The van der Waals surface area contributed by atoms with Crippen molar-refractivity contribution >= 4 is 56.6 Å². The van der Waals surface area contributed by atoms with Gasteiger partial charge in [0.05, 0.1) is 16.9 Å². The molecule has 196 valence electrons. The standard InChI is InChI=1S/C27H21FIN7O3/c1-14-22-21(23(34-24(14)37)33-20-9-6-15(29)12-19(20)28)25(38)36(17-7-8-17)27(39)35(22)18-5-2-4-16(13-18)32-26-30-10-3-11-31-26/h2-6,9-13,17H,7-8H2,1H3,(H,30,31,32)(H2,33,34,37). The minimum atomic E-state index is -0.553. The summed E-state index contributed by atoms with van der Waals surface area (Å²) in [7, 11) is 0. The zero-order valence-electron chi connectivity index (χ0n) is 20.5. The first-order valence-corrected chi connectivity index (χ1v) is 13.2. The molecule has 0 spiro atoms. The molecule has 1 aliphatic rings. The third-order valence-electron chi connectivity index (χ3n) is 6.50. The molecule has 6 rings (SSSR count). The topological polar surface area (TPSA) is 127 Å². The van der Waals surface area contributed by atoms with E-state index in [9.17, 15) is 18.8 Å². The second-order valence-corrected chi connectivity index (χ2v) is 10.4. The van der Waals surface area contributed by atoms with E-state index in [1.54, 1.807) is 55.7 Å². The second kappa shape index (κ2) is 9.76. The van der Waals surface area contributed by atoms with Crippen molar-refractivity contribution in [2.24, 2.45) is 0 Å². The van der Waals surface area contributed by atoms with Crippen molar-refractivity contribution in [2.75, 3.05) is 10.6 Å². The number of benzene rings is 2. The van der Waals surface area contributed by atoms with E-state index in [4.69, 9.17) is 0 Å². The fraction of sp³-hybridized carbons (Fsp3) is 0.148. The average Bonchev–Trinajstić information content (AvgIpc) is 3.74. The first-order chi connectivity index (χ1) is 18.8. The van der Waals surface area contributed by atoms with Crippen LogP contribution >= 0.6 is 22.6 Å². The van der Waals surface area contributed by atoms with Gasteiger partial charge in [0.1, 0.15) is 17.0 Å². The molecule has 1 fully saturated rings. The van der Waals surface area contributed by atoms with Crippen LogP contribution in [0.1, 0.15) is 24.4 Å². The number of pyridine rings is 1. The van der Waals surface area contributed by atoms with Gasteiger partial charge in [0.15, 0.2) is 0 Å². The molecule has 0 aliphatic heterocycles. The highest BCUT2D eigenvalue weighted by Crippen LogP contribution is 2.34. The summed E-state index contributed by atoms with van der Waals surface area (Å²) in [5.74, 6) is -0.163. The number of nitrogens with one attached hydrogen (secondary N) is 3. The average molecular weight is 637 g/mol. The Labute approximate surface area is 233 Å². The summed E-state index contributed by atoms with van der Waals surface area (Å²) >= 11 is 1.99. The number of hydrogen-bond acceptors (Lipinski definition) is 7. The summed E-state index contributed by atoms with van der Waals surface area (Å²) < 4.78 is 18.0. The van der Waals surface area contributed by atoms with Crippen LogP contribution in [0.2, 0.25) is 0 Å². The van der Waals surface area contributed by atoms with Crippen LogP contribution in [-0.2, 0) is 0 Å². The molecular formula is C27H21FIN7O3. The van der Waals surface area contributed by atoms with Crippen LogP contribution in [0.4, 0.5) is 27.5 Å². The van der Waals surface area contributed by atoms with Crippen molar-refractivity contribution in [3.63, 3.8) is 0 Å². The number of anilines is 4. The Hall–Kier alpha value is -4.33. The highest BCUT2D eigenvalue weighted by molar-refractivity contribution is 14.1. The third kappa shape index (κ3) is 4.60. The van der Waals surface area contributed by atoms with E-state index in [0.29, 0.717) is 33.7 Å². The Morgan fingerprint density at radius 2 is 1.79 bits per heavy atom. The summed E-state index contributed by atoms with van der Waals surface area (Å²) in [6.45, 7) is 1.55. The molecule has 1 saturated carbocycles. The van der Waals surface area contributed by atoms with Gasteiger partial charge < -0.3 is 15.6 Å². The molecule has 10 nitrogen and oxygen atoms in total. The number of H-pyrrole nitrogens is 1.